The highest BCUT2D eigenvalue weighted by atomic mass is 16.5. The van der Waals surface area contributed by atoms with Gasteiger partial charge in [-0.3, -0.25) is 14.7 Å². The zero-order valence-electron chi connectivity index (χ0n) is 14.1. The summed E-state index contributed by atoms with van der Waals surface area (Å²) in [6, 6.07) is 6.01. The van der Waals surface area contributed by atoms with Crippen molar-refractivity contribution in [1.29, 1.82) is 0 Å². The van der Waals surface area contributed by atoms with E-state index < -0.39 is 0 Å². The molecule has 0 radical (unpaired) electrons. The number of aromatic nitrogens is 2. The first kappa shape index (κ1) is 16.2. The summed E-state index contributed by atoms with van der Waals surface area (Å²) in [5.41, 5.74) is 1.21. The SMILES string of the molecule is O=C(c1ccno1)N1CC[C@@H]2[C@@H](CC1)OCCN2Cc1cccnc1. The number of ether oxygens (including phenoxy) is 1. The standard InChI is InChI=1S/C18H22N4O3/c23-18(17-3-7-20-25-17)21-8-4-15-16(5-9-21)24-11-10-22(15)13-14-2-1-6-19-12-14/h1-3,6-7,12,15-16H,4-5,8-11,13H2/t15-,16-/m1/s1. The lowest BCUT2D eigenvalue weighted by molar-refractivity contribution is -0.0747. The van der Waals surface area contributed by atoms with Gasteiger partial charge in [-0.05, 0) is 24.5 Å². The smallest absolute Gasteiger partial charge is 0.292 e. The Hall–Kier alpha value is -2.25. The zero-order chi connectivity index (χ0) is 17.1. The van der Waals surface area contributed by atoms with Crippen LogP contribution in [0.1, 0.15) is 29.0 Å². The number of morpholine rings is 1. The first-order valence-corrected chi connectivity index (χ1v) is 8.76. The van der Waals surface area contributed by atoms with Crippen molar-refractivity contribution < 1.29 is 14.1 Å². The number of hydrogen-bond acceptors (Lipinski definition) is 6. The van der Waals surface area contributed by atoms with Gasteiger partial charge in [-0.15, -0.1) is 0 Å². The quantitative estimate of drug-likeness (QED) is 0.843. The number of amides is 1. The Morgan fingerprint density at radius 2 is 2.12 bits per heavy atom. The van der Waals surface area contributed by atoms with Crippen molar-refractivity contribution in [2.24, 2.45) is 0 Å². The van der Waals surface area contributed by atoms with Gasteiger partial charge in [0.2, 0.25) is 5.76 Å². The molecule has 2 atom stereocenters. The van der Waals surface area contributed by atoms with Crippen molar-refractivity contribution in [3.05, 3.63) is 48.1 Å². The van der Waals surface area contributed by atoms with Gasteiger partial charge in [0.25, 0.3) is 5.91 Å². The molecule has 4 rings (SSSR count). The minimum absolute atomic E-state index is 0.0880. The largest absolute Gasteiger partial charge is 0.375 e. The van der Waals surface area contributed by atoms with Crippen LogP contribution in [-0.4, -0.2) is 64.2 Å². The molecule has 0 aliphatic carbocycles. The third-order valence-electron chi connectivity index (χ3n) is 5.03. The van der Waals surface area contributed by atoms with Crippen LogP contribution in [0.4, 0.5) is 0 Å². The third kappa shape index (κ3) is 3.57. The summed E-state index contributed by atoms with van der Waals surface area (Å²) in [4.78, 5) is 21.0. The predicted octanol–water partition coefficient (Wildman–Crippen LogP) is 1.58. The van der Waals surface area contributed by atoms with Crippen molar-refractivity contribution in [1.82, 2.24) is 19.9 Å². The van der Waals surface area contributed by atoms with Gasteiger partial charge in [0, 0.05) is 50.7 Å². The van der Waals surface area contributed by atoms with E-state index in [9.17, 15) is 4.79 Å². The Labute approximate surface area is 146 Å². The Kier molecular flexibility index (Phi) is 4.76. The predicted molar refractivity (Wildman–Crippen MR) is 89.8 cm³/mol. The van der Waals surface area contributed by atoms with Crippen molar-refractivity contribution in [2.75, 3.05) is 26.2 Å². The van der Waals surface area contributed by atoms with Gasteiger partial charge in [-0.2, -0.15) is 0 Å². The molecule has 0 spiro atoms. The fraction of sp³-hybridized carbons (Fsp3) is 0.500. The van der Waals surface area contributed by atoms with Crippen LogP contribution in [0.3, 0.4) is 0 Å². The molecule has 4 heterocycles. The number of likely N-dealkylation sites (tertiary alicyclic amines) is 1. The Morgan fingerprint density at radius 3 is 2.92 bits per heavy atom. The molecule has 0 bridgehead atoms. The van der Waals surface area contributed by atoms with E-state index in [4.69, 9.17) is 9.26 Å². The molecule has 0 aromatic carbocycles. The molecule has 0 saturated carbocycles. The number of pyridine rings is 1. The first-order valence-electron chi connectivity index (χ1n) is 8.76. The van der Waals surface area contributed by atoms with E-state index in [1.165, 1.54) is 11.8 Å². The molecule has 2 aliphatic heterocycles. The Balaban J connectivity index is 1.44. The third-order valence-corrected chi connectivity index (χ3v) is 5.03. The van der Waals surface area contributed by atoms with E-state index in [2.05, 4.69) is 21.1 Å². The van der Waals surface area contributed by atoms with Crippen LogP contribution >= 0.6 is 0 Å². The summed E-state index contributed by atoms with van der Waals surface area (Å²) < 4.78 is 11.0. The molecule has 2 fully saturated rings. The highest BCUT2D eigenvalue weighted by Crippen LogP contribution is 2.25. The lowest BCUT2D eigenvalue weighted by Gasteiger charge is -2.40. The van der Waals surface area contributed by atoms with E-state index in [1.807, 2.05) is 17.2 Å². The average Bonchev–Trinajstić information content (AvgIpc) is 3.09. The van der Waals surface area contributed by atoms with Crippen LogP contribution in [-0.2, 0) is 11.3 Å². The first-order chi connectivity index (χ1) is 12.3. The number of fused-ring (bicyclic) bond motifs is 1. The lowest BCUT2D eigenvalue weighted by atomic mass is 10.0. The summed E-state index contributed by atoms with van der Waals surface area (Å²) >= 11 is 0. The summed E-state index contributed by atoms with van der Waals surface area (Å²) in [7, 11) is 0. The molecule has 7 heteroatoms. The number of rotatable bonds is 3. The molecule has 1 amide bonds. The normalized spacial score (nSPS) is 24.6. The summed E-state index contributed by atoms with van der Waals surface area (Å²) in [5.74, 6) is 0.216. The molecule has 0 N–H and O–H groups in total. The molecule has 2 aromatic heterocycles. The topological polar surface area (TPSA) is 71.7 Å². The molecule has 2 saturated heterocycles. The van der Waals surface area contributed by atoms with Crippen molar-refractivity contribution in [2.45, 2.75) is 31.5 Å². The highest BCUT2D eigenvalue weighted by molar-refractivity contribution is 5.91. The molecule has 25 heavy (non-hydrogen) atoms. The summed E-state index contributed by atoms with van der Waals surface area (Å²) in [5, 5.41) is 3.63. The summed E-state index contributed by atoms with van der Waals surface area (Å²) in [6.07, 6.45) is 7.12. The number of nitrogens with zero attached hydrogens (tertiary/aromatic N) is 4. The second-order valence-corrected chi connectivity index (χ2v) is 6.55. The number of hydrogen-bond donors (Lipinski definition) is 0. The van der Waals surface area contributed by atoms with Gasteiger partial charge in [0.1, 0.15) is 0 Å². The fourth-order valence-electron chi connectivity index (χ4n) is 3.77. The Morgan fingerprint density at radius 1 is 1.20 bits per heavy atom. The van der Waals surface area contributed by atoms with Crippen molar-refractivity contribution in [3.8, 4) is 0 Å². The van der Waals surface area contributed by atoms with Crippen LogP contribution in [0, 0.1) is 0 Å². The molecular formula is C18H22N4O3. The van der Waals surface area contributed by atoms with E-state index in [1.54, 1.807) is 12.3 Å². The van der Waals surface area contributed by atoms with Gasteiger partial charge < -0.3 is 14.2 Å². The number of carbonyl (C=O) groups excluding carboxylic acids is 1. The van der Waals surface area contributed by atoms with Crippen molar-refractivity contribution >= 4 is 5.91 Å². The maximum absolute atomic E-state index is 12.5. The van der Waals surface area contributed by atoms with Gasteiger partial charge in [0.05, 0.1) is 18.9 Å². The highest BCUT2D eigenvalue weighted by Gasteiger charge is 2.36. The minimum Gasteiger partial charge on any atom is -0.375 e. The van der Waals surface area contributed by atoms with Crippen LogP contribution in [0.2, 0.25) is 0 Å². The Bertz CT molecular complexity index is 692. The molecule has 2 aromatic rings. The zero-order valence-corrected chi connectivity index (χ0v) is 14.1. The van der Waals surface area contributed by atoms with Crippen molar-refractivity contribution in [3.63, 3.8) is 0 Å². The summed E-state index contributed by atoms with van der Waals surface area (Å²) in [6.45, 7) is 3.90. The second kappa shape index (κ2) is 7.33. The molecular weight excluding hydrogens is 320 g/mol. The number of carbonyl (C=O) groups is 1. The molecule has 132 valence electrons. The van der Waals surface area contributed by atoms with Crippen LogP contribution in [0.25, 0.3) is 0 Å². The molecule has 2 aliphatic rings. The average molecular weight is 342 g/mol. The van der Waals surface area contributed by atoms with Gasteiger partial charge in [-0.1, -0.05) is 11.2 Å². The van der Waals surface area contributed by atoms with E-state index in [0.29, 0.717) is 24.9 Å². The van der Waals surface area contributed by atoms with Gasteiger partial charge >= 0.3 is 0 Å². The lowest BCUT2D eigenvalue weighted by Crippen LogP contribution is -2.50. The van der Waals surface area contributed by atoms with Gasteiger partial charge in [-0.25, -0.2) is 0 Å². The van der Waals surface area contributed by atoms with Crippen LogP contribution in [0.5, 0.6) is 0 Å². The monoisotopic (exact) mass is 342 g/mol. The van der Waals surface area contributed by atoms with Crippen LogP contribution in [0.15, 0.2) is 41.3 Å². The fourth-order valence-corrected chi connectivity index (χ4v) is 3.77. The molecule has 7 nitrogen and oxygen atoms in total. The van der Waals surface area contributed by atoms with Crippen LogP contribution < -0.4 is 0 Å². The van der Waals surface area contributed by atoms with E-state index in [-0.39, 0.29) is 12.0 Å². The van der Waals surface area contributed by atoms with E-state index >= 15 is 0 Å². The second-order valence-electron chi connectivity index (χ2n) is 6.55. The van der Waals surface area contributed by atoms with E-state index in [0.717, 1.165) is 32.5 Å². The maximum Gasteiger partial charge on any atom is 0.292 e. The maximum atomic E-state index is 12.5. The molecule has 0 unspecified atom stereocenters. The minimum atomic E-state index is -0.0880. The van der Waals surface area contributed by atoms with Gasteiger partial charge in [0.15, 0.2) is 0 Å².